The van der Waals surface area contributed by atoms with Gasteiger partial charge in [0.15, 0.2) is 0 Å². The number of nitrogens with zero attached hydrogens (tertiary/aromatic N) is 3. The van der Waals surface area contributed by atoms with Gasteiger partial charge in [0.2, 0.25) is 0 Å². The van der Waals surface area contributed by atoms with Crippen LogP contribution in [0.3, 0.4) is 0 Å². The Hall–Kier alpha value is -3.55. The smallest absolute Gasteiger partial charge is 0.0991 e. The van der Waals surface area contributed by atoms with Crippen molar-refractivity contribution in [2.75, 3.05) is 0 Å². The van der Waals surface area contributed by atoms with Gasteiger partial charge in [-0.3, -0.25) is 0 Å². The predicted molar refractivity (Wildman–Crippen MR) is 118 cm³/mol. The monoisotopic (exact) mass is 398 g/mol. The lowest BCUT2D eigenvalue weighted by atomic mass is 10.1. The second kappa shape index (κ2) is 8.64. The molecule has 142 valence electrons. The van der Waals surface area contributed by atoms with Gasteiger partial charge in [0, 0.05) is 34.2 Å². The molecule has 4 rings (SSSR count). The fraction of sp³-hybridized carbons (Fsp3) is 0.0833. The second-order valence-electron chi connectivity index (χ2n) is 6.72. The average Bonchev–Trinajstić information content (AvgIpc) is 3.10. The first kappa shape index (κ1) is 18.8. The van der Waals surface area contributed by atoms with Crippen molar-refractivity contribution in [3.8, 4) is 6.07 Å². The molecule has 0 fully saturated rings. The Morgan fingerprint density at radius 1 is 1.00 bits per heavy atom. The summed E-state index contributed by atoms with van der Waals surface area (Å²) in [6.45, 7) is 1.30. The quantitative estimate of drug-likeness (QED) is 0.352. The number of hydrogen-bond donors (Lipinski definition) is 1. The molecule has 3 aromatic carbocycles. The molecule has 4 aromatic rings. The zero-order valence-corrected chi connectivity index (χ0v) is 16.5. The van der Waals surface area contributed by atoms with Crippen LogP contribution >= 0.6 is 11.6 Å². The Morgan fingerprint density at radius 3 is 2.55 bits per heavy atom. The van der Waals surface area contributed by atoms with Gasteiger partial charge in [0.25, 0.3) is 0 Å². The molecule has 0 saturated heterocycles. The van der Waals surface area contributed by atoms with Gasteiger partial charge in [-0.25, -0.2) is 0 Å². The summed E-state index contributed by atoms with van der Waals surface area (Å²) in [5.41, 5.74) is 8.08. The Kier molecular flexibility index (Phi) is 5.60. The zero-order valence-electron chi connectivity index (χ0n) is 15.7. The third-order valence-electron chi connectivity index (χ3n) is 4.78. The summed E-state index contributed by atoms with van der Waals surface area (Å²) in [6, 6.07) is 25.8. The van der Waals surface area contributed by atoms with Gasteiger partial charge >= 0.3 is 0 Å². The number of para-hydroxylation sites is 1. The Balaban J connectivity index is 1.53. The van der Waals surface area contributed by atoms with Crippen LogP contribution in [-0.2, 0) is 13.1 Å². The maximum atomic E-state index is 8.97. The Bertz CT molecular complexity index is 1200. The standard InChI is InChI=1S/C24H19ClN4/c25-23-7-3-1-5-20(23)14-27-28-15-21-17-29(24-8-4-2-6-22(21)24)16-19-11-9-18(13-26)10-12-19/h1-12,15,17,27H,14,16H2/b28-15-. The first-order valence-electron chi connectivity index (χ1n) is 9.31. The largest absolute Gasteiger partial charge is 0.342 e. The van der Waals surface area contributed by atoms with E-state index in [9.17, 15) is 0 Å². The second-order valence-corrected chi connectivity index (χ2v) is 7.13. The summed E-state index contributed by atoms with van der Waals surface area (Å²) in [5, 5.41) is 15.2. The van der Waals surface area contributed by atoms with E-state index < -0.39 is 0 Å². The van der Waals surface area contributed by atoms with E-state index in [-0.39, 0.29) is 0 Å². The lowest BCUT2D eigenvalue weighted by Gasteiger charge is -2.05. The average molecular weight is 399 g/mol. The zero-order chi connectivity index (χ0) is 20.1. The first-order chi connectivity index (χ1) is 14.2. The molecule has 4 nitrogen and oxygen atoms in total. The number of aromatic nitrogens is 1. The molecular weight excluding hydrogens is 380 g/mol. The van der Waals surface area contributed by atoms with Crippen LogP contribution in [0.2, 0.25) is 5.02 Å². The molecule has 0 spiro atoms. The molecule has 0 aliphatic heterocycles. The number of hydrazone groups is 1. The molecule has 1 aromatic heterocycles. The molecule has 0 aliphatic rings. The highest BCUT2D eigenvalue weighted by Gasteiger charge is 2.07. The summed E-state index contributed by atoms with van der Waals surface area (Å²) < 4.78 is 2.20. The molecular formula is C24H19ClN4. The van der Waals surface area contributed by atoms with Gasteiger partial charge < -0.3 is 9.99 Å². The van der Waals surface area contributed by atoms with Crippen LogP contribution in [0.1, 0.15) is 22.3 Å². The molecule has 0 atom stereocenters. The van der Waals surface area contributed by atoms with E-state index in [0.717, 1.165) is 39.2 Å². The van der Waals surface area contributed by atoms with Gasteiger partial charge in [0.05, 0.1) is 24.4 Å². The number of halogens is 1. The molecule has 0 unspecified atom stereocenters. The van der Waals surface area contributed by atoms with Crippen molar-refractivity contribution < 1.29 is 0 Å². The third-order valence-corrected chi connectivity index (χ3v) is 5.15. The van der Waals surface area contributed by atoms with Crippen molar-refractivity contribution in [1.29, 1.82) is 5.26 Å². The van der Waals surface area contributed by atoms with Crippen LogP contribution in [0.5, 0.6) is 0 Å². The highest BCUT2D eigenvalue weighted by molar-refractivity contribution is 6.31. The van der Waals surface area contributed by atoms with Crippen LogP contribution in [0.25, 0.3) is 10.9 Å². The topological polar surface area (TPSA) is 53.1 Å². The summed E-state index contributed by atoms with van der Waals surface area (Å²) in [7, 11) is 0. The van der Waals surface area contributed by atoms with Gasteiger partial charge in [-0.05, 0) is 35.4 Å². The van der Waals surface area contributed by atoms with Crippen molar-refractivity contribution in [1.82, 2.24) is 9.99 Å². The molecule has 0 bridgehead atoms. The van der Waals surface area contributed by atoms with E-state index in [0.29, 0.717) is 12.1 Å². The fourth-order valence-corrected chi connectivity index (χ4v) is 3.48. The number of nitriles is 1. The van der Waals surface area contributed by atoms with Gasteiger partial charge in [-0.1, -0.05) is 60.1 Å². The Labute approximate surface area is 174 Å². The minimum absolute atomic E-state index is 0.569. The highest BCUT2D eigenvalue weighted by Crippen LogP contribution is 2.21. The minimum Gasteiger partial charge on any atom is -0.342 e. The van der Waals surface area contributed by atoms with Crippen molar-refractivity contribution in [2.45, 2.75) is 13.1 Å². The van der Waals surface area contributed by atoms with E-state index in [1.807, 2.05) is 66.9 Å². The van der Waals surface area contributed by atoms with Crippen LogP contribution in [0, 0.1) is 11.3 Å². The molecule has 0 aliphatic carbocycles. The Morgan fingerprint density at radius 2 is 1.76 bits per heavy atom. The van der Waals surface area contributed by atoms with Crippen LogP contribution < -0.4 is 5.43 Å². The van der Waals surface area contributed by atoms with E-state index in [1.54, 1.807) is 0 Å². The molecule has 1 heterocycles. The van der Waals surface area contributed by atoms with Crippen LogP contribution in [-0.4, -0.2) is 10.8 Å². The summed E-state index contributed by atoms with van der Waals surface area (Å²) in [6.07, 6.45) is 3.94. The minimum atomic E-state index is 0.569. The fourth-order valence-electron chi connectivity index (χ4n) is 3.28. The third kappa shape index (κ3) is 4.31. The molecule has 29 heavy (non-hydrogen) atoms. The van der Waals surface area contributed by atoms with Gasteiger partial charge in [0.1, 0.15) is 0 Å². The molecule has 1 N–H and O–H groups in total. The summed E-state index contributed by atoms with van der Waals surface area (Å²) >= 11 is 6.18. The summed E-state index contributed by atoms with van der Waals surface area (Å²) in [5.74, 6) is 0. The number of rotatable bonds is 6. The first-order valence-corrected chi connectivity index (χ1v) is 9.68. The van der Waals surface area contributed by atoms with E-state index >= 15 is 0 Å². The molecule has 0 amide bonds. The van der Waals surface area contributed by atoms with Crippen molar-refractivity contribution in [3.63, 3.8) is 0 Å². The van der Waals surface area contributed by atoms with Crippen LogP contribution in [0.4, 0.5) is 0 Å². The van der Waals surface area contributed by atoms with Gasteiger partial charge in [-0.2, -0.15) is 10.4 Å². The molecule has 0 saturated carbocycles. The van der Waals surface area contributed by atoms with Crippen molar-refractivity contribution in [2.24, 2.45) is 5.10 Å². The SMILES string of the molecule is N#Cc1ccc(Cn2cc(/C=N\NCc3ccccc3Cl)c3ccccc32)cc1. The maximum Gasteiger partial charge on any atom is 0.0991 e. The lowest BCUT2D eigenvalue weighted by molar-refractivity contribution is 0.748. The normalized spacial score (nSPS) is 11.0. The molecule has 0 radical (unpaired) electrons. The van der Waals surface area contributed by atoms with Crippen LogP contribution in [0.15, 0.2) is 84.1 Å². The molecule has 5 heteroatoms. The maximum absolute atomic E-state index is 8.97. The number of hydrogen-bond acceptors (Lipinski definition) is 3. The van der Waals surface area contributed by atoms with E-state index in [4.69, 9.17) is 16.9 Å². The van der Waals surface area contributed by atoms with Crippen molar-refractivity contribution in [3.05, 3.63) is 106 Å². The summed E-state index contributed by atoms with van der Waals surface area (Å²) in [4.78, 5) is 0. The number of fused-ring (bicyclic) bond motifs is 1. The van der Waals surface area contributed by atoms with Gasteiger partial charge in [-0.15, -0.1) is 0 Å². The highest BCUT2D eigenvalue weighted by atomic mass is 35.5. The number of nitrogens with one attached hydrogen (secondary N) is 1. The predicted octanol–water partition coefficient (Wildman–Crippen LogP) is 5.34. The van der Waals surface area contributed by atoms with E-state index in [1.165, 1.54) is 0 Å². The van der Waals surface area contributed by atoms with E-state index in [2.05, 4.69) is 39.5 Å². The van der Waals surface area contributed by atoms with Crippen molar-refractivity contribution >= 4 is 28.7 Å². The lowest BCUT2D eigenvalue weighted by Crippen LogP contribution is -2.05. The number of benzene rings is 3.